The molecule has 1 aromatic carbocycles. The van der Waals surface area contributed by atoms with Gasteiger partial charge in [0, 0.05) is 44.8 Å². The van der Waals surface area contributed by atoms with Crippen LogP contribution in [0.25, 0.3) is 0 Å². The number of nitrogens with zero attached hydrogens (tertiary/aromatic N) is 2. The Morgan fingerprint density at radius 3 is 2.65 bits per heavy atom. The molecule has 1 aromatic rings. The van der Waals surface area contributed by atoms with Crippen molar-refractivity contribution in [2.45, 2.75) is 13.3 Å². The van der Waals surface area contributed by atoms with Gasteiger partial charge in [0.15, 0.2) is 0 Å². The summed E-state index contributed by atoms with van der Waals surface area (Å²) in [6, 6.07) is 5.96. The highest BCUT2D eigenvalue weighted by atomic mass is 35.5. The smallest absolute Gasteiger partial charge is 0.254 e. The van der Waals surface area contributed by atoms with Gasteiger partial charge < -0.3 is 10.2 Å². The number of piperazine rings is 1. The van der Waals surface area contributed by atoms with Gasteiger partial charge in [0.1, 0.15) is 5.82 Å². The highest BCUT2D eigenvalue weighted by Gasteiger charge is 2.32. The minimum absolute atomic E-state index is 0. The van der Waals surface area contributed by atoms with Gasteiger partial charge in [-0.1, -0.05) is 13.0 Å². The van der Waals surface area contributed by atoms with Crippen molar-refractivity contribution in [2.24, 2.45) is 5.41 Å². The highest BCUT2D eigenvalue weighted by Crippen LogP contribution is 2.26. The molecular weight excluding hydrogens is 317 g/mol. The van der Waals surface area contributed by atoms with Gasteiger partial charge in [-0.15, -0.1) is 12.4 Å². The van der Waals surface area contributed by atoms with E-state index in [0.29, 0.717) is 11.0 Å². The van der Waals surface area contributed by atoms with Gasteiger partial charge in [0.25, 0.3) is 5.91 Å². The molecule has 6 heteroatoms. The van der Waals surface area contributed by atoms with E-state index in [1.54, 1.807) is 12.1 Å². The molecule has 1 unspecified atom stereocenters. The summed E-state index contributed by atoms with van der Waals surface area (Å²) < 4.78 is 13.2. The summed E-state index contributed by atoms with van der Waals surface area (Å²) in [5.41, 5.74) is 0.801. The average molecular weight is 342 g/mol. The lowest BCUT2D eigenvalue weighted by Crippen LogP contribution is -2.51. The Morgan fingerprint density at radius 1 is 1.30 bits per heavy atom. The van der Waals surface area contributed by atoms with Crippen molar-refractivity contribution in [3.63, 3.8) is 0 Å². The van der Waals surface area contributed by atoms with E-state index >= 15 is 0 Å². The molecule has 4 nitrogen and oxygen atoms in total. The van der Waals surface area contributed by atoms with Crippen LogP contribution in [0.3, 0.4) is 0 Å². The minimum Gasteiger partial charge on any atom is -0.336 e. The summed E-state index contributed by atoms with van der Waals surface area (Å²) in [4.78, 5) is 16.7. The van der Waals surface area contributed by atoms with Crippen LogP contribution in [-0.2, 0) is 0 Å². The Labute approximate surface area is 143 Å². The van der Waals surface area contributed by atoms with Crippen molar-refractivity contribution in [3.8, 4) is 0 Å². The molecule has 0 aliphatic carbocycles. The molecule has 2 heterocycles. The second-order valence-corrected chi connectivity index (χ2v) is 6.82. The Balaban J connectivity index is 0.00000192. The molecule has 1 N–H and O–H groups in total. The lowest BCUT2D eigenvalue weighted by molar-refractivity contribution is 0.0581. The number of benzene rings is 1. The second-order valence-electron chi connectivity index (χ2n) is 6.82. The first kappa shape index (κ1) is 18.2. The van der Waals surface area contributed by atoms with Crippen molar-refractivity contribution in [1.82, 2.24) is 15.1 Å². The summed E-state index contributed by atoms with van der Waals surface area (Å²) in [6.45, 7) is 8.84. The number of carbonyl (C=O) groups is 1. The Bertz CT molecular complexity index is 540. The topological polar surface area (TPSA) is 35.6 Å². The summed E-state index contributed by atoms with van der Waals surface area (Å²) in [6.07, 6.45) is 1.22. The zero-order chi connectivity index (χ0) is 15.6. The quantitative estimate of drug-likeness (QED) is 0.913. The Kier molecular flexibility index (Phi) is 6.00. The van der Waals surface area contributed by atoms with Crippen LogP contribution in [0, 0.1) is 11.2 Å². The van der Waals surface area contributed by atoms with E-state index in [0.717, 1.165) is 45.8 Å². The Hall–Kier alpha value is -1.17. The maximum Gasteiger partial charge on any atom is 0.254 e. The molecule has 2 aliphatic rings. The molecule has 2 aliphatic heterocycles. The maximum atomic E-state index is 13.2. The van der Waals surface area contributed by atoms with E-state index in [2.05, 4.69) is 17.1 Å². The first-order valence-corrected chi connectivity index (χ1v) is 8.04. The molecule has 0 spiro atoms. The van der Waals surface area contributed by atoms with Crippen molar-refractivity contribution in [1.29, 1.82) is 0 Å². The molecule has 0 bridgehead atoms. The van der Waals surface area contributed by atoms with Crippen LogP contribution in [0.15, 0.2) is 24.3 Å². The number of hydrogen-bond donors (Lipinski definition) is 1. The van der Waals surface area contributed by atoms with E-state index in [1.807, 2.05) is 4.90 Å². The standard InChI is InChI=1S/C17H24FN3O.ClH/c1-17(5-6-19-12-17)13-20-7-9-21(10-8-20)16(22)14-3-2-4-15(18)11-14;/h2-4,11,19H,5-10,12-13H2,1H3;1H. The van der Waals surface area contributed by atoms with Gasteiger partial charge in [-0.2, -0.15) is 0 Å². The number of halogens is 2. The number of carbonyl (C=O) groups excluding carboxylic acids is 1. The Morgan fingerprint density at radius 2 is 2.04 bits per heavy atom. The largest absolute Gasteiger partial charge is 0.336 e. The first-order chi connectivity index (χ1) is 10.6. The molecule has 3 rings (SSSR count). The lowest BCUT2D eigenvalue weighted by atomic mass is 9.89. The van der Waals surface area contributed by atoms with Crippen LogP contribution < -0.4 is 5.32 Å². The number of hydrogen-bond acceptors (Lipinski definition) is 3. The molecule has 0 saturated carbocycles. The van der Waals surface area contributed by atoms with Crippen molar-refractivity contribution in [2.75, 3.05) is 45.8 Å². The van der Waals surface area contributed by atoms with Crippen molar-refractivity contribution in [3.05, 3.63) is 35.6 Å². The highest BCUT2D eigenvalue weighted by molar-refractivity contribution is 5.94. The summed E-state index contributed by atoms with van der Waals surface area (Å²) in [5.74, 6) is -0.418. The fraction of sp³-hybridized carbons (Fsp3) is 0.588. The van der Waals surface area contributed by atoms with E-state index in [-0.39, 0.29) is 24.1 Å². The normalized spacial score (nSPS) is 25.2. The van der Waals surface area contributed by atoms with Crippen molar-refractivity contribution >= 4 is 18.3 Å². The molecule has 1 amide bonds. The van der Waals surface area contributed by atoms with E-state index in [4.69, 9.17) is 0 Å². The molecule has 23 heavy (non-hydrogen) atoms. The first-order valence-electron chi connectivity index (χ1n) is 8.04. The second kappa shape index (κ2) is 7.60. The van der Waals surface area contributed by atoms with Gasteiger partial charge in [-0.3, -0.25) is 9.69 Å². The van der Waals surface area contributed by atoms with Gasteiger partial charge in [-0.05, 0) is 36.6 Å². The third-order valence-corrected chi connectivity index (χ3v) is 4.79. The van der Waals surface area contributed by atoms with Crippen molar-refractivity contribution < 1.29 is 9.18 Å². The predicted molar refractivity (Wildman–Crippen MR) is 91.6 cm³/mol. The molecule has 2 fully saturated rings. The van der Waals surface area contributed by atoms with Crippen LogP contribution in [0.1, 0.15) is 23.7 Å². The third kappa shape index (κ3) is 4.43. The molecule has 1 atom stereocenters. The minimum atomic E-state index is -0.355. The summed E-state index contributed by atoms with van der Waals surface area (Å²) in [5, 5.41) is 3.43. The average Bonchev–Trinajstić information content (AvgIpc) is 2.93. The number of amides is 1. The third-order valence-electron chi connectivity index (χ3n) is 4.79. The van der Waals surface area contributed by atoms with Crippen LogP contribution in [0.4, 0.5) is 4.39 Å². The zero-order valence-corrected chi connectivity index (χ0v) is 14.4. The van der Waals surface area contributed by atoms with Crippen LogP contribution in [-0.4, -0.2) is 61.5 Å². The van der Waals surface area contributed by atoms with Gasteiger partial charge in [-0.25, -0.2) is 4.39 Å². The predicted octanol–water partition coefficient (Wildman–Crippen LogP) is 2.00. The summed E-state index contributed by atoms with van der Waals surface area (Å²) in [7, 11) is 0. The fourth-order valence-corrected chi connectivity index (χ4v) is 3.46. The number of nitrogens with one attached hydrogen (secondary N) is 1. The number of rotatable bonds is 3. The van der Waals surface area contributed by atoms with Gasteiger partial charge >= 0.3 is 0 Å². The summed E-state index contributed by atoms with van der Waals surface area (Å²) >= 11 is 0. The maximum absolute atomic E-state index is 13.2. The molecule has 0 radical (unpaired) electrons. The SMILES string of the molecule is CC1(CN2CCN(C(=O)c3cccc(F)c3)CC2)CCNC1.Cl. The molecular formula is C17H25ClFN3O. The van der Waals surface area contributed by atoms with Crippen LogP contribution >= 0.6 is 12.4 Å². The van der Waals surface area contributed by atoms with E-state index < -0.39 is 0 Å². The monoisotopic (exact) mass is 341 g/mol. The molecule has 0 aromatic heterocycles. The molecule has 128 valence electrons. The zero-order valence-electron chi connectivity index (χ0n) is 13.6. The van der Waals surface area contributed by atoms with E-state index in [1.165, 1.54) is 18.6 Å². The molecule has 2 saturated heterocycles. The van der Waals surface area contributed by atoms with Crippen LogP contribution in [0.2, 0.25) is 0 Å². The lowest BCUT2D eigenvalue weighted by Gasteiger charge is -2.38. The van der Waals surface area contributed by atoms with Gasteiger partial charge in [0.2, 0.25) is 0 Å². The van der Waals surface area contributed by atoms with Crippen LogP contribution in [0.5, 0.6) is 0 Å². The van der Waals surface area contributed by atoms with E-state index in [9.17, 15) is 9.18 Å². The van der Waals surface area contributed by atoms with Gasteiger partial charge in [0.05, 0.1) is 0 Å². The fourth-order valence-electron chi connectivity index (χ4n) is 3.46.